The van der Waals surface area contributed by atoms with Crippen molar-refractivity contribution in [1.82, 2.24) is 15.5 Å². The largest absolute Gasteiger partial charge is 0.497 e. The Kier molecular flexibility index (Phi) is 8.85. The van der Waals surface area contributed by atoms with E-state index in [0.29, 0.717) is 6.04 Å². The summed E-state index contributed by atoms with van der Waals surface area (Å²) in [6.45, 7) is 6.08. The van der Waals surface area contributed by atoms with Crippen molar-refractivity contribution >= 4 is 41.3 Å². The van der Waals surface area contributed by atoms with E-state index in [9.17, 15) is 0 Å². The summed E-state index contributed by atoms with van der Waals surface area (Å²) in [5.74, 6) is 1.71. The zero-order chi connectivity index (χ0) is 18.4. The second kappa shape index (κ2) is 10.9. The number of rotatable bonds is 6. The maximum Gasteiger partial charge on any atom is 0.191 e. The van der Waals surface area contributed by atoms with Crippen LogP contribution in [0.2, 0.25) is 0 Å². The van der Waals surface area contributed by atoms with Crippen LogP contribution in [0.25, 0.3) is 0 Å². The van der Waals surface area contributed by atoms with E-state index in [2.05, 4.69) is 51.0 Å². The number of nitrogens with one attached hydrogen (secondary N) is 2. The number of fused-ring (bicyclic) bond motifs is 1. The molecule has 0 radical (unpaired) electrons. The minimum absolute atomic E-state index is 0. The number of guanidine groups is 1. The fourth-order valence-corrected chi connectivity index (χ4v) is 4.06. The average molecular weight is 500 g/mol. The Balaban J connectivity index is 0.00000261. The summed E-state index contributed by atoms with van der Waals surface area (Å²) in [6, 6.07) is 10.8. The Morgan fingerprint density at radius 3 is 2.74 bits per heavy atom. The van der Waals surface area contributed by atoms with Crippen LogP contribution in [-0.2, 0) is 19.5 Å². The van der Waals surface area contributed by atoms with E-state index in [1.165, 1.54) is 17.5 Å². The highest BCUT2D eigenvalue weighted by Crippen LogP contribution is 2.24. The van der Waals surface area contributed by atoms with E-state index >= 15 is 0 Å². The van der Waals surface area contributed by atoms with Gasteiger partial charge < -0.3 is 15.4 Å². The lowest BCUT2D eigenvalue weighted by Gasteiger charge is -2.32. The predicted molar refractivity (Wildman–Crippen MR) is 125 cm³/mol. The number of hydrogen-bond acceptors (Lipinski definition) is 4. The zero-order valence-electron chi connectivity index (χ0n) is 16.2. The molecule has 3 rings (SSSR count). The minimum atomic E-state index is 0. The highest BCUT2D eigenvalue weighted by atomic mass is 127. The number of methoxy groups -OCH3 is 1. The third-order valence-corrected chi connectivity index (χ3v) is 5.89. The van der Waals surface area contributed by atoms with E-state index in [1.807, 2.05) is 30.5 Å². The molecule has 2 heterocycles. The molecule has 0 amide bonds. The number of benzene rings is 1. The van der Waals surface area contributed by atoms with Crippen LogP contribution in [0.15, 0.2) is 40.7 Å². The van der Waals surface area contributed by atoms with Gasteiger partial charge in [-0.1, -0.05) is 12.1 Å². The molecule has 2 N–H and O–H groups in total. The normalized spacial score (nSPS) is 15.4. The third kappa shape index (κ3) is 6.08. The van der Waals surface area contributed by atoms with Gasteiger partial charge in [0.25, 0.3) is 0 Å². The molecule has 2 aromatic rings. The lowest BCUT2D eigenvalue weighted by atomic mass is 10.1. The number of halogens is 1. The Morgan fingerprint density at radius 2 is 2.04 bits per heavy atom. The van der Waals surface area contributed by atoms with Crippen LogP contribution >= 0.6 is 35.3 Å². The first-order valence-corrected chi connectivity index (χ1v) is 9.94. The first-order valence-electron chi connectivity index (χ1n) is 9.06. The molecular weight excluding hydrogens is 471 g/mol. The first kappa shape index (κ1) is 22.0. The van der Waals surface area contributed by atoms with Gasteiger partial charge in [0.05, 0.1) is 7.11 Å². The summed E-state index contributed by atoms with van der Waals surface area (Å²) in [4.78, 5) is 8.43. The summed E-state index contributed by atoms with van der Waals surface area (Å²) >= 11 is 1.89. The van der Waals surface area contributed by atoms with Gasteiger partial charge in [-0.05, 0) is 48.1 Å². The van der Waals surface area contributed by atoms with Gasteiger partial charge in [0.1, 0.15) is 5.75 Å². The van der Waals surface area contributed by atoms with Crippen molar-refractivity contribution in [2.45, 2.75) is 32.5 Å². The van der Waals surface area contributed by atoms with Crippen molar-refractivity contribution in [3.63, 3.8) is 0 Å². The molecule has 1 aromatic heterocycles. The summed E-state index contributed by atoms with van der Waals surface area (Å²) in [5, 5.41) is 9.04. The summed E-state index contributed by atoms with van der Waals surface area (Å²) in [7, 11) is 3.49. The molecule has 0 saturated heterocycles. The molecule has 7 heteroatoms. The van der Waals surface area contributed by atoms with Gasteiger partial charge in [0.15, 0.2) is 5.96 Å². The van der Waals surface area contributed by atoms with Crippen molar-refractivity contribution in [2.75, 3.05) is 27.2 Å². The van der Waals surface area contributed by atoms with Crippen LogP contribution in [0.4, 0.5) is 0 Å². The maximum atomic E-state index is 5.19. The fraction of sp³-hybridized carbons (Fsp3) is 0.450. The van der Waals surface area contributed by atoms with Gasteiger partial charge in [-0.15, -0.1) is 35.3 Å². The number of aliphatic imine (C=N–C) groups is 1. The Morgan fingerprint density at radius 1 is 1.26 bits per heavy atom. The molecule has 1 aliphatic heterocycles. The smallest absolute Gasteiger partial charge is 0.191 e. The number of thiophene rings is 1. The lowest BCUT2D eigenvalue weighted by molar-refractivity contribution is 0.192. The molecule has 0 spiro atoms. The van der Waals surface area contributed by atoms with Crippen LogP contribution in [0.1, 0.15) is 22.9 Å². The van der Waals surface area contributed by atoms with Crippen molar-refractivity contribution in [1.29, 1.82) is 0 Å². The second-order valence-electron chi connectivity index (χ2n) is 6.59. The van der Waals surface area contributed by atoms with Gasteiger partial charge in [-0.3, -0.25) is 9.89 Å². The monoisotopic (exact) mass is 500 g/mol. The molecule has 1 atom stereocenters. The molecule has 1 unspecified atom stereocenters. The van der Waals surface area contributed by atoms with Crippen LogP contribution in [0.5, 0.6) is 5.75 Å². The second-order valence-corrected chi connectivity index (χ2v) is 7.59. The molecule has 148 valence electrons. The number of ether oxygens (including phenoxy) is 1. The Hall–Kier alpha value is -1.32. The molecular formula is C20H29IN4OS. The van der Waals surface area contributed by atoms with E-state index < -0.39 is 0 Å². The van der Waals surface area contributed by atoms with E-state index in [0.717, 1.165) is 37.9 Å². The Bertz CT molecular complexity index is 732. The van der Waals surface area contributed by atoms with Gasteiger partial charge in [-0.25, -0.2) is 0 Å². The lowest BCUT2D eigenvalue weighted by Crippen LogP contribution is -2.47. The quantitative estimate of drug-likeness (QED) is 0.362. The van der Waals surface area contributed by atoms with Gasteiger partial charge in [0.2, 0.25) is 0 Å². The molecule has 0 fully saturated rings. The highest BCUT2D eigenvalue weighted by molar-refractivity contribution is 14.0. The molecule has 0 aliphatic carbocycles. The minimum Gasteiger partial charge on any atom is -0.497 e. The van der Waals surface area contributed by atoms with E-state index in [-0.39, 0.29) is 24.0 Å². The molecule has 1 aromatic carbocycles. The third-order valence-electron chi connectivity index (χ3n) is 4.87. The van der Waals surface area contributed by atoms with Crippen molar-refractivity contribution in [3.8, 4) is 5.75 Å². The average Bonchev–Trinajstić information content (AvgIpc) is 3.16. The predicted octanol–water partition coefficient (Wildman–Crippen LogP) is 3.49. The SMILES string of the molecule is CN=C(NCc1ccc(OC)cc1)NCC(C)N1CCc2sccc2C1.I. The van der Waals surface area contributed by atoms with Crippen LogP contribution < -0.4 is 15.4 Å². The number of nitrogens with zero attached hydrogens (tertiary/aromatic N) is 2. The van der Waals surface area contributed by atoms with Crippen molar-refractivity contribution in [2.24, 2.45) is 4.99 Å². The van der Waals surface area contributed by atoms with Crippen molar-refractivity contribution in [3.05, 3.63) is 51.7 Å². The van der Waals surface area contributed by atoms with Crippen molar-refractivity contribution < 1.29 is 4.74 Å². The summed E-state index contributed by atoms with van der Waals surface area (Å²) in [5.41, 5.74) is 2.69. The zero-order valence-corrected chi connectivity index (χ0v) is 19.3. The van der Waals surface area contributed by atoms with Crippen LogP contribution in [0, 0.1) is 0 Å². The van der Waals surface area contributed by atoms with Gasteiger partial charge in [0, 0.05) is 44.1 Å². The molecule has 1 aliphatic rings. The maximum absolute atomic E-state index is 5.19. The van der Waals surface area contributed by atoms with Crippen LogP contribution in [-0.4, -0.2) is 44.1 Å². The topological polar surface area (TPSA) is 48.9 Å². The Labute approximate surface area is 183 Å². The molecule has 0 saturated carbocycles. The standard InChI is InChI=1S/C20H28N4OS.HI/c1-15(24-10-8-19-17(14-24)9-11-26-19)12-22-20(21-2)23-13-16-4-6-18(25-3)7-5-16;/h4-7,9,11,15H,8,10,12-14H2,1-3H3,(H2,21,22,23);1H. The first-order chi connectivity index (χ1) is 12.7. The summed E-state index contributed by atoms with van der Waals surface area (Å²) < 4.78 is 5.19. The molecule has 27 heavy (non-hydrogen) atoms. The number of hydrogen-bond donors (Lipinski definition) is 2. The fourth-order valence-electron chi connectivity index (χ4n) is 3.17. The summed E-state index contributed by atoms with van der Waals surface area (Å²) in [6.07, 6.45) is 1.17. The van der Waals surface area contributed by atoms with E-state index in [4.69, 9.17) is 4.74 Å². The van der Waals surface area contributed by atoms with E-state index in [1.54, 1.807) is 12.0 Å². The van der Waals surface area contributed by atoms with Crippen LogP contribution in [0.3, 0.4) is 0 Å². The van der Waals surface area contributed by atoms with Gasteiger partial charge >= 0.3 is 0 Å². The molecule has 5 nitrogen and oxygen atoms in total. The van der Waals surface area contributed by atoms with Gasteiger partial charge in [-0.2, -0.15) is 0 Å². The molecule has 0 bridgehead atoms. The highest BCUT2D eigenvalue weighted by Gasteiger charge is 2.21.